The largest absolute Gasteiger partial charge is 1.00 e. The van der Waals surface area contributed by atoms with Crippen LogP contribution in [0.4, 0.5) is 0 Å². The number of hydrogen-bond acceptors (Lipinski definition) is 5. The first-order valence-corrected chi connectivity index (χ1v) is 11.7. The number of carbonyl (C=O) groups excluding carboxylic acids is 2. The summed E-state index contributed by atoms with van der Waals surface area (Å²) in [6, 6.07) is 6.00. The Kier molecular flexibility index (Phi) is 11.6. The molecule has 0 aromatic heterocycles. The maximum absolute atomic E-state index is 11.2. The van der Waals surface area contributed by atoms with Crippen LogP contribution in [0.5, 0.6) is 17.2 Å². The second-order valence-electron chi connectivity index (χ2n) is 5.50. The van der Waals surface area contributed by atoms with Crippen molar-refractivity contribution >= 4 is 102 Å². The van der Waals surface area contributed by atoms with Crippen molar-refractivity contribution in [3.05, 3.63) is 44.1 Å². The van der Waals surface area contributed by atoms with E-state index < -0.39 is 17.9 Å². The maximum atomic E-state index is 11.2. The molecular weight excluding hydrogens is 829 g/mol. The Hall–Kier alpha value is 0.900. The first-order chi connectivity index (χ1) is 12.6. The molecule has 0 saturated carbocycles. The number of aromatic hydroxyl groups is 1. The predicted molar refractivity (Wildman–Crippen MR) is 132 cm³/mol. The third-order valence-electron chi connectivity index (χ3n) is 3.37. The predicted octanol–water partition coefficient (Wildman–Crippen LogP) is 0.404. The van der Waals surface area contributed by atoms with Gasteiger partial charge in [0.05, 0.1) is 26.3 Å². The van der Waals surface area contributed by atoms with E-state index in [0.29, 0.717) is 18.6 Å². The van der Waals surface area contributed by atoms with E-state index in [4.69, 9.17) is 4.74 Å². The van der Waals surface area contributed by atoms with Crippen molar-refractivity contribution in [1.82, 2.24) is 5.32 Å². The van der Waals surface area contributed by atoms with Crippen LogP contribution in [0.3, 0.4) is 0 Å². The summed E-state index contributed by atoms with van der Waals surface area (Å²) in [6.07, 6.45) is 0.114. The Morgan fingerprint density at radius 1 is 1.07 bits per heavy atom. The fourth-order valence-corrected chi connectivity index (χ4v) is 6.05. The quantitative estimate of drug-likeness (QED) is 0.325. The van der Waals surface area contributed by atoms with Crippen LogP contribution in [0, 0.1) is 14.3 Å². The number of phenolic OH excluding ortho intramolecular Hbond substituents is 1. The zero-order valence-electron chi connectivity index (χ0n) is 14.7. The van der Waals surface area contributed by atoms with Gasteiger partial charge in [-0.15, -0.1) is 0 Å². The van der Waals surface area contributed by atoms with Crippen LogP contribution in [0.15, 0.2) is 24.3 Å². The molecule has 0 bridgehead atoms. The van der Waals surface area contributed by atoms with Gasteiger partial charge in [0.25, 0.3) is 0 Å². The second-order valence-corrected chi connectivity index (χ2v) is 10.2. The molecule has 6 nitrogen and oxygen atoms in total. The minimum Gasteiger partial charge on any atom is -0.548 e. The van der Waals surface area contributed by atoms with Gasteiger partial charge in [0.1, 0.15) is 11.5 Å². The van der Waals surface area contributed by atoms with Crippen molar-refractivity contribution in [2.24, 2.45) is 0 Å². The smallest absolute Gasteiger partial charge is 0.548 e. The molecule has 0 fully saturated rings. The second kappa shape index (κ2) is 12.1. The van der Waals surface area contributed by atoms with Gasteiger partial charge >= 0.3 is 29.6 Å². The number of ether oxygens (including phenoxy) is 1. The van der Waals surface area contributed by atoms with E-state index >= 15 is 0 Å². The number of benzene rings is 2. The van der Waals surface area contributed by atoms with E-state index in [1.54, 1.807) is 12.1 Å². The number of rotatable bonds is 6. The fraction of sp³-hybridized carbons (Fsp3) is 0.176. The van der Waals surface area contributed by atoms with Gasteiger partial charge in [-0.05, 0) is 127 Å². The van der Waals surface area contributed by atoms with Crippen LogP contribution < -0.4 is 44.7 Å². The number of phenols is 1. The molecule has 2 rings (SSSR count). The molecule has 11 heteroatoms. The van der Waals surface area contributed by atoms with Crippen molar-refractivity contribution in [2.45, 2.75) is 19.4 Å². The number of nitrogens with one attached hydrogen (secondary N) is 1. The third kappa shape index (κ3) is 7.55. The van der Waals surface area contributed by atoms with Gasteiger partial charge in [-0.25, -0.2) is 0 Å². The van der Waals surface area contributed by atoms with E-state index in [9.17, 15) is 19.8 Å². The summed E-state index contributed by atoms with van der Waals surface area (Å²) in [6.45, 7) is 1.26. The number of hydrogen-bond donors (Lipinski definition) is 2. The van der Waals surface area contributed by atoms with Crippen LogP contribution in [-0.4, -0.2) is 23.0 Å². The summed E-state index contributed by atoms with van der Waals surface area (Å²) >= 11 is 8.31. The number of carboxylic acids is 1. The molecule has 0 aliphatic rings. The van der Waals surface area contributed by atoms with E-state index in [1.807, 2.05) is 57.3 Å². The average molecular weight is 841 g/mol. The summed E-state index contributed by atoms with van der Waals surface area (Å²) in [7, 11) is 0. The molecule has 2 aromatic rings. The van der Waals surface area contributed by atoms with E-state index in [0.717, 1.165) is 12.7 Å². The number of aliphatic carboxylic acids is 1. The number of carbonyl (C=O) groups is 2. The molecule has 2 N–H and O–H groups in total. The van der Waals surface area contributed by atoms with Gasteiger partial charge in [0.15, 0.2) is 5.75 Å². The van der Waals surface area contributed by atoms with E-state index in [2.05, 4.69) is 50.5 Å². The van der Waals surface area contributed by atoms with Crippen molar-refractivity contribution in [1.29, 1.82) is 0 Å². The summed E-state index contributed by atoms with van der Waals surface area (Å²) in [4.78, 5) is 22.4. The minimum atomic E-state index is -1.33. The first kappa shape index (κ1) is 26.9. The number of amides is 1. The van der Waals surface area contributed by atoms with Crippen molar-refractivity contribution in [2.75, 3.05) is 0 Å². The molecule has 144 valence electrons. The summed E-state index contributed by atoms with van der Waals surface area (Å²) in [5, 5.41) is 23.5. The van der Waals surface area contributed by atoms with E-state index in [-0.39, 0.29) is 41.7 Å². The molecule has 0 heterocycles. The van der Waals surface area contributed by atoms with Gasteiger partial charge in [0.2, 0.25) is 5.91 Å². The molecule has 0 unspecified atom stereocenters. The standard InChI is InChI=1S/C17H13I4NO5.Na/c1-7(23)22-14(17(25)26)4-8-2-12(20)16(13(21)3-8)27-9-5-10(18)15(24)11(19)6-9;/h2-3,5-6,14,24H,4H2,1H3,(H,22,23)(H,25,26);/q;+1/p-1/t14-;/m0./s1. The molecule has 0 spiro atoms. The van der Waals surface area contributed by atoms with Crippen LogP contribution in [0.1, 0.15) is 12.5 Å². The van der Waals surface area contributed by atoms with Crippen molar-refractivity contribution in [3.63, 3.8) is 0 Å². The maximum Gasteiger partial charge on any atom is 1.00 e. The normalized spacial score (nSPS) is 11.3. The molecule has 2 aromatic carbocycles. The van der Waals surface area contributed by atoms with Gasteiger partial charge in [-0.3, -0.25) is 4.79 Å². The number of halogens is 4. The van der Waals surface area contributed by atoms with Gasteiger partial charge in [0, 0.05) is 6.92 Å². The molecule has 28 heavy (non-hydrogen) atoms. The fourth-order valence-electron chi connectivity index (χ4n) is 2.22. The zero-order chi connectivity index (χ0) is 20.3. The van der Waals surface area contributed by atoms with Crippen LogP contribution in [0.25, 0.3) is 0 Å². The van der Waals surface area contributed by atoms with Crippen LogP contribution >= 0.6 is 90.4 Å². The molecule has 1 amide bonds. The topological polar surface area (TPSA) is 98.7 Å². The molecule has 0 radical (unpaired) electrons. The Morgan fingerprint density at radius 2 is 1.57 bits per heavy atom. The summed E-state index contributed by atoms with van der Waals surface area (Å²) < 4.78 is 8.96. The SMILES string of the molecule is CC(=O)N[C@@H](Cc1cc(I)c(Oc2cc(I)c(O)c(I)c2)c(I)c1)C(=O)[O-].[Na+]. The van der Waals surface area contributed by atoms with Gasteiger partial charge < -0.3 is 25.1 Å². The zero-order valence-corrected chi connectivity index (χ0v) is 25.3. The van der Waals surface area contributed by atoms with Crippen molar-refractivity contribution < 1.29 is 54.1 Å². The molecule has 1 atom stereocenters. The summed E-state index contributed by atoms with van der Waals surface area (Å²) in [5.74, 6) is -0.304. The minimum absolute atomic E-state index is 0. The molecule has 0 aliphatic heterocycles. The van der Waals surface area contributed by atoms with Crippen LogP contribution in [0.2, 0.25) is 0 Å². The van der Waals surface area contributed by atoms with Crippen molar-refractivity contribution in [3.8, 4) is 17.2 Å². The molecular formula is C17H12I4NNaO5. The van der Waals surface area contributed by atoms with E-state index in [1.165, 1.54) is 6.92 Å². The third-order valence-corrected chi connectivity index (χ3v) is 6.62. The number of carboxylic acid groups (broad SMARTS) is 1. The molecule has 0 saturated heterocycles. The van der Waals surface area contributed by atoms with Gasteiger partial charge in [-0.1, -0.05) is 0 Å². The monoisotopic (exact) mass is 841 g/mol. The summed E-state index contributed by atoms with van der Waals surface area (Å²) in [5.41, 5.74) is 0.744. The Balaban J connectivity index is 0.00000392. The molecule has 0 aliphatic carbocycles. The Bertz CT molecular complexity index is 863. The first-order valence-electron chi connectivity index (χ1n) is 7.40. The Labute approximate surface area is 238 Å². The van der Waals surface area contributed by atoms with Gasteiger partial charge in [-0.2, -0.15) is 0 Å². The Morgan fingerprint density at radius 3 is 2.00 bits per heavy atom. The average Bonchev–Trinajstić information content (AvgIpc) is 2.54. The van der Waals surface area contributed by atoms with Crippen LogP contribution in [-0.2, 0) is 16.0 Å².